The lowest BCUT2D eigenvalue weighted by Crippen LogP contribution is -2.48. The Bertz CT molecular complexity index is 2640. The van der Waals surface area contributed by atoms with Gasteiger partial charge in [-0.15, -0.1) is 5.06 Å². The Labute approximate surface area is 470 Å². The van der Waals surface area contributed by atoms with Crippen molar-refractivity contribution in [3.05, 3.63) is 119 Å². The molecule has 7 N–H and O–H groups in total. The van der Waals surface area contributed by atoms with Crippen LogP contribution in [0.25, 0.3) is 22.3 Å². The maximum absolute atomic E-state index is 12.9. The molecule has 420 valence electrons. The average Bonchev–Trinajstić information content (AvgIpc) is 4.10. The third-order valence-corrected chi connectivity index (χ3v) is 18.4. The Hall–Kier alpha value is -6.20. The van der Waals surface area contributed by atoms with Gasteiger partial charge in [0.25, 0.3) is 11.8 Å². The highest BCUT2D eigenvalue weighted by Crippen LogP contribution is 2.46. The van der Waals surface area contributed by atoms with Crippen LogP contribution in [0.15, 0.2) is 97.1 Å². The van der Waals surface area contributed by atoms with Crippen LogP contribution in [0.2, 0.25) is 0 Å². The number of aliphatic carboxylic acids is 2. The molecule has 2 unspecified atom stereocenters. The number of benzene rings is 4. The van der Waals surface area contributed by atoms with Gasteiger partial charge in [-0.2, -0.15) is 0 Å². The second-order valence-corrected chi connectivity index (χ2v) is 26.4. The largest absolute Gasteiger partial charge is 0.481 e. The molecule has 5 amide bonds. The Morgan fingerprint density at radius 2 is 0.987 bits per heavy atom. The third kappa shape index (κ3) is 19.6. The van der Waals surface area contributed by atoms with Crippen LogP contribution >= 0.6 is 43.2 Å². The molecule has 2 aliphatic carbocycles. The number of hydrogen-bond donors (Lipinski definition) is 6. The summed E-state index contributed by atoms with van der Waals surface area (Å²) in [5.41, 5.74) is 13.5. The van der Waals surface area contributed by atoms with Crippen molar-refractivity contribution in [1.29, 1.82) is 0 Å². The van der Waals surface area contributed by atoms with Crippen molar-refractivity contribution in [2.45, 2.75) is 113 Å². The SMILES string of the molecule is CC(C)(C)SSCC(NC(=O)OCC1c2ccccc2-c2ccccc21)C(=O)NCCCCCC(=O)O.CC(C)(C)SSCC(NC(=O)OCC1c2ccccc2-c2ccccc21)C(=O)ON1C(=O)CCC1=O.NCC(=O)O. The van der Waals surface area contributed by atoms with Crippen molar-refractivity contribution >= 4 is 91.0 Å². The predicted molar refractivity (Wildman–Crippen MR) is 307 cm³/mol. The summed E-state index contributed by atoms with van der Waals surface area (Å²) in [6, 6.07) is 30.4. The van der Waals surface area contributed by atoms with Crippen LogP contribution in [0.3, 0.4) is 0 Å². The van der Waals surface area contributed by atoms with E-state index in [1.165, 1.54) is 32.4 Å². The molecule has 0 aromatic heterocycles. The van der Waals surface area contributed by atoms with Crippen molar-refractivity contribution in [2.75, 3.05) is 37.8 Å². The van der Waals surface area contributed by atoms with E-state index in [0.29, 0.717) is 36.6 Å². The van der Waals surface area contributed by atoms with Gasteiger partial charge < -0.3 is 46.2 Å². The number of carbonyl (C=O) groups is 8. The van der Waals surface area contributed by atoms with Gasteiger partial charge in [0.2, 0.25) is 5.91 Å². The van der Waals surface area contributed by atoms with E-state index >= 15 is 0 Å². The summed E-state index contributed by atoms with van der Waals surface area (Å²) >= 11 is 0. The minimum atomic E-state index is -1.11. The number of unbranched alkanes of at least 4 members (excludes halogenated alkanes) is 2. The Morgan fingerprint density at radius 3 is 1.37 bits per heavy atom. The summed E-state index contributed by atoms with van der Waals surface area (Å²) in [6.45, 7) is 12.8. The molecule has 4 aromatic rings. The maximum atomic E-state index is 12.9. The lowest BCUT2D eigenvalue weighted by atomic mass is 9.98. The first-order chi connectivity index (χ1) is 37.1. The number of nitrogens with one attached hydrogen (secondary N) is 3. The van der Waals surface area contributed by atoms with Crippen molar-refractivity contribution in [2.24, 2.45) is 5.73 Å². The minimum Gasteiger partial charge on any atom is -0.481 e. The third-order valence-electron chi connectivity index (χ3n) is 11.7. The quantitative estimate of drug-likeness (QED) is 0.0243. The van der Waals surface area contributed by atoms with E-state index in [1.54, 1.807) is 10.8 Å². The number of imide groups is 1. The second kappa shape index (κ2) is 30.2. The van der Waals surface area contributed by atoms with Crippen molar-refractivity contribution in [1.82, 2.24) is 21.0 Å². The molecule has 22 heteroatoms. The Balaban J connectivity index is 0.000000264. The molecule has 4 aromatic carbocycles. The van der Waals surface area contributed by atoms with E-state index in [9.17, 15) is 38.4 Å². The smallest absolute Gasteiger partial charge is 0.407 e. The van der Waals surface area contributed by atoms with Gasteiger partial charge in [-0.3, -0.25) is 24.0 Å². The first-order valence-electron chi connectivity index (χ1n) is 25.4. The Morgan fingerprint density at radius 1 is 0.603 bits per heavy atom. The van der Waals surface area contributed by atoms with E-state index in [1.807, 2.05) is 93.6 Å². The Kier molecular flexibility index (Phi) is 24.3. The van der Waals surface area contributed by atoms with Gasteiger partial charge in [-0.25, -0.2) is 14.4 Å². The van der Waals surface area contributed by atoms with Crippen LogP contribution < -0.4 is 21.7 Å². The van der Waals surface area contributed by atoms with E-state index < -0.39 is 54.0 Å². The number of nitrogens with zero attached hydrogens (tertiary/aromatic N) is 1. The molecule has 1 heterocycles. The molecule has 1 saturated heterocycles. The molecule has 3 aliphatic rings. The topological polar surface area (TPSA) is 270 Å². The van der Waals surface area contributed by atoms with Gasteiger partial charge >= 0.3 is 30.1 Å². The van der Waals surface area contributed by atoms with Gasteiger partial charge in [-0.05, 0) is 57.3 Å². The summed E-state index contributed by atoms with van der Waals surface area (Å²) < 4.78 is 11.1. The van der Waals surface area contributed by atoms with Gasteiger partial charge in [0.15, 0.2) is 0 Å². The van der Waals surface area contributed by atoms with E-state index in [4.69, 9.17) is 24.5 Å². The summed E-state index contributed by atoms with van der Waals surface area (Å²) in [6.07, 6.45) is 0.678. The zero-order valence-electron chi connectivity index (χ0n) is 44.6. The fraction of sp³-hybridized carbons (Fsp3) is 0.429. The molecule has 0 spiro atoms. The maximum Gasteiger partial charge on any atom is 0.407 e. The molecule has 2 atom stereocenters. The lowest BCUT2D eigenvalue weighted by molar-refractivity contribution is -0.198. The summed E-state index contributed by atoms with van der Waals surface area (Å²) in [7, 11) is 6.10. The van der Waals surface area contributed by atoms with E-state index in [0.717, 1.165) is 44.5 Å². The second-order valence-electron chi connectivity index (χ2n) is 20.1. The molecule has 0 radical (unpaired) electrons. The van der Waals surface area contributed by atoms with Crippen LogP contribution in [0.1, 0.15) is 114 Å². The predicted octanol–water partition coefficient (Wildman–Crippen LogP) is 9.55. The van der Waals surface area contributed by atoms with Gasteiger partial charge in [0.1, 0.15) is 25.3 Å². The number of nitrogens with two attached hydrogens (primary N) is 1. The number of carboxylic acids is 2. The molecular weight excluding hydrogens is 1080 g/mol. The van der Waals surface area contributed by atoms with Crippen molar-refractivity contribution < 1.29 is 62.9 Å². The van der Waals surface area contributed by atoms with Crippen molar-refractivity contribution in [3.8, 4) is 22.3 Å². The van der Waals surface area contributed by atoms with E-state index in [-0.39, 0.29) is 72.0 Å². The molecule has 0 bridgehead atoms. The summed E-state index contributed by atoms with van der Waals surface area (Å²) in [5.74, 6) is -3.72. The molecule has 1 fully saturated rings. The fourth-order valence-electron chi connectivity index (χ4n) is 8.20. The van der Waals surface area contributed by atoms with Crippen LogP contribution in [0, 0.1) is 0 Å². The van der Waals surface area contributed by atoms with Crippen LogP contribution in [-0.2, 0) is 43.1 Å². The zero-order chi connectivity index (χ0) is 57.0. The number of fused-ring (bicyclic) bond motifs is 6. The highest BCUT2D eigenvalue weighted by atomic mass is 33.1. The number of rotatable bonds is 22. The highest BCUT2D eigenvalue weighted by molar-refractivity contribution is 8.77. The standard InChI is InChI=1S/C28H36N2O5S2.C26H28N2O6S2.C2H5NO2/c1-28(2,3)37-36-18-24(26(33)29-16-10-4-5-15-25(31)32)30-27(34)35-17-23-21-13-8-6-11-19(21)20-12-7-9-14-22(20)23;1-26(2,3)36-35-15-21(24(31)34-28-22(29)12-13-23(28)30)27-25(32)33-14-20-18-10-6-4-8-16(18)17-9-5-7-11-19(17)20;3-1-2(4)5/h6-9,11-14,23-24H,4-5,10,15-18H2,1-3H3,(H,29,33)(H,30,34)(H,31,32);4-11,20-21H,12-15H2,1-3H3,(H,27,32);1,3H2,(H,4,5). The minimum absolute atomic E-state index is 0.00872. The number of carbonyl (C=O) groups excluding carboxylic acids is 6. The summed E-state index contributed by atoms with van der Waals surface area (Å²) in [4.78, 5) is 99.9. The molecule has 0 saturated carbocycles. The van der Waals surface area contributed by atoms with Gasteiger partial charge in [-0.1, -0.05) is 188 Å². The molecule has 78 heavy (non-hydrogen) atoms. The number of ether oxygens (including phenoxy) is 2. The average molecular weight is 1150 g/mol. The first-order valence-corrected chi connectivity index (χ1v) is 30.0. The van der Waals surface area contributed by atoms with Crippen molar-refractivity contribution in [3.63, 3.8) is 0 Å². The number of alkyl carbamates (subject to hydrolysis) is 2. The summed E-state index contributed by atoms with van der Waals surface area (Å²) in [5, 5.41) is 25.0. The molecule has 1 aliphatic heterocycles. The van der Waals surface area contributed by atoms with Crippen LogP contribution in [0.4, 0.5) is 9.59 Å². The number of carboxylic acid groups (broad SMARTS) is 2. The fourth-order valence-corrected chi connectivity index (χ4v) is 13.1. The highest BCUT2D eigenvalue weighted by Gasteiger charge is 2.37. The lowest BCUT2D eigenvalue weighted by Gasteiger charge is -2.22. The number of amides is 5. The number of hydroxylamine groups is 2. The van der Waals surface area contributed by atoms with Gasteiger partial charge in [0.05, 0.1) is 6.54 Å². The zero-order valence-corrected chi connectivity index (χ0v) is 47.8. The monoisotopic (exact) mass is 1150 g/mol. The van der Waals surface area contributed by atoms with Crippen LogP contribution in [0.5, 0.6) is 0 Å². The van der Waals surface area contributed by atoms with Gasteiger partial charge in [0, 0.05) is 58.6 Å². The van der Waals surface area contributed by atoms with Crippen LogP contribution in [-0.4, -0.2) is 122 Å². The molecular formula is C56H69N5O13S4. The van der Waals surface area contributed by atoms with E-state index in [2.05, 4.69) is 66.7 Å². The molecule has 7 rings (SSSR count). The number of hydrogen-bond acceptors (Lipinski definition) is 16. The molecule has 18 nitrogen and oxygen atoms in total. The first kappa shape index (κ1) is 62.6. The normalized spacial score (nSPS) is 14.2.